The molecule has 1 aromatic carbocycles. The minimum atomic E-state index is -0.640. The van der Waals surface area contributed by atoms with Crippen molar-refractivity contribution in [2.45, 2.75) is 6.92 Å². The third kappa shape index (κ3) is 2.75. The molecule has 0 bridgehead atoms. The van der Waals surface area contributed by atoms with Gasteiger partial charge in [0.1, 0.15) is 11.4 Å². The summed E-state index contributed by atoms with van der Waals surface area (Å²) < 4.78 is 5.60. The maximum atomic E-state index is 11.3. The number of nitrogens with one attached hydrogen (secondary N) is 1. The van der Waals surface area contributed by atoms with E-state index < -0.39 is 5.91 Å². The lowest BCUT2D eigenvalue weighted by Gasteiger charge is -2.05. The summed E-state index contributed by atoms with van der Waals surface area (Å²) in [5, 5.41) is 10.1. The molecule has 3 aromatic rings. The molecule has 0 radical (unpaired) electrons. The van der Waals surface area contributed by atoms with E-state index in [0.717, 1.165) is 5.69 Å². The van der Waals surface area contributed by atoms with Gasteiger partial charge in [-0.25, -0.2) is 4.98 Å². The number of carbonyl (C=O) groups excluding carboxylic acids is 1. The van der Waals surface area contributed by atoms with Gasteiger partial charge in [-0.15, -0.1) is 0 Å². The number of nitrogens with zero attached hydrogens (tertiary/aromatic N) is 4. The van der Waals surface area contributed by atoms with Crippen LogP contribution >= 0.6 is 0 Å². The van der Waals surface area contributed by atoms with Crippen molar-refractivity contribution in [2.75, 3.05) is 0 Å². The lowest BCUT2D eigenvalue weighted by atomic mass is 10.1. The molecule has 0 aliphatic carbocycles. The molecule has 0 atom stereocenters. The van der Waals surface area contributed by atoms with Crippen molar-refractivity contribution in [1.29, 1.82) is 0 Å². The van der Waals surface area contributed by atoms with Crippen LogP contribution in [0.4, 0.5) is 0 Å². The topological polar surface area (TPSA) is 120 Å². The first-order chi connectivity index (χ1) is 10.6. The zero-order valence-electron chi connectivity index (χ0n) is 11.6. The van der Waals surface area contributed by atoms with Gasteiger partial charge >= 0.3 is 0 Å². The van der Waals surface area contributed by atoms with Crippen LogP contribution < -0.4 is 10.5 Å². The Balaban J connectivity index is 1.84. The van der Waals surface area contributed by atoms with Crippen molar-refractivity contribution in [3.8, 4) is 22.9 Å². The van der Waals surface area contributed by atoms with Gasteiger partial charge in [-0.1, -0.05) is 0 Å². The first kappa shape index (κ1) is 13.7. The molecular weight excluding hydrogens is 284 g/mol. The van der Waals surface area contributed by atoms with Crippen molar-refractivity contribution in [3.63, 3.8) is 0 Å². The van der Waals surface area contributed by atoms with E-state index >= 15 is 0 Å². The number of hydrogen-bond acceptors (Lipinski definition) is 6. The van der Waals surface area contributed by atoms with Gasteiger partial charge in [0.2, 0.25) is 5.88 Å². The Bertz CT molecular complexity index is 812. The van der Waals surface area contributed by atoms with Crippen molar-refractivity contribution in [3.05, 3.63) is 48.0 Å². The molecule has 8 heteroatoms. The Labute approximate surface area is 125 Å². The quantitative estimate of drug-likeness (QED) is 0.752. The van der Waals surface area contributed by atoms with Gasteiger partial charge in [0.05, 0.1) is 11.9 Å². The minimum absolute atomic E-state index is 0.0956. The summed E-state index contributed by atoms with van der Waals surface area (Å²) in [6.07, 6.45) is 3.18. The van der Waals surface area contributed by atoms with Gasteiger partial charge in [-0.2, -0.15) is 15.4 Å². The summed E-state index contributed by atoms with van der Waals surface area (Å²) in [4.78, 5) is 19.5. The van der Waals surface area contributed by atoms with Crippen LogP contribution in [0, 0.1) is 6.92 Å². The van der Waals surface area contributed by atoms with Crippen molar-refractivity contribution >= 4 is 5.91 Å². The van der Waals surface area contributed by atoms with Crippen LogP contribution in [0.1, 0.15) is 16.2 Å². The molecule has 0 spiro atoms. The van der Waals surface area contributed by atoms with E-state index in [1.54, 1.807) is 30.5 Å². The second-order valence-corrected chi connectivity index (χ2v) is 4.51. The number of benzene rings is 1. The smallest absolute Gasteiger partial charge is 0.271 e. The van der Waals surface area contributed by atoms with Crippen molar-refractivity contribution < 1.29 is 9.53 Å². The fourth-order valence-electron chi connectivity index (χ4n) is 1.90. The second kappa shape index (κ2) is 5.60. The molecule has 0 saturated carbocycles. The third-order valence-electron chi connectivity index (χ3n) is 2.86. The summed E-state index contributed by atoms with van der Waals surface area (Å²) in [5.74, 6) is 0.360. The Kier molecular flexibility index (Phi) is 3.48. The van der Waals surface area contributed by atoms with Crippen LogP contribution in [0.15, 0.2) is 36.7 Å². The minimum Gasteiger partial charge on any atom is -0.437 e. The van der Waals surface area contributed by atoms with E-state index in [0.29, 0.717) is 22.9 Å². The van der Waals surface area contributed by atoms with Gasteiger partial charge in [0.25, 0.3) is 5.91 Å². The number of nitrogens with two attached hydrogens (primary N) is 1. The Hall–Kier alpha value is -3.29. The van der Waals surface area contributed by atoms with Gasteiger partial charge in [-0.3, -0.25) is 9.78 Å². The number of hydrogen-bond donors (Lipinski definition) is 2. The molecule has 2 aromatic heterocycles. The predicted octanol–water partition coefficient (Wildman–Crippen LogP) is 1.46. The molecule has 8 nitrogen and oxygen atoms in total. The number of carbonyl (C=O) groups is 1. The number of ether oxygens (including phenoxy) is 1. The molecule has 0 aliphatic rings. The van der Waals surface area contributed by atoms with Gasteiger partial charge in [0.15, 0.2) is 5.69 Å². The largest absolute Gasteiger partial charge is 0.437 e. The summed E-state index contributed by atoms with van der Waals surface area (Å²) >= 11 is 0. The average Bonchev–Trinajstić information content (AvgIpc) is 2.98. The van der Waals surface area contributed by atoms with Crippen molar-refractivity contribution in [1.82, 2.24) is 25.4 Å². The SMILES string of the molecule is Cc1cncc(Oc2ccc(-c3n[nH]nc3C(N)=O)cc2)n1. The van der Waals surface area contributed by atoms with Crippen LogP contribution in [0.3, 0.4) is 0 Å². The normalized spacial score (nSPS) is 10.4. The summed E-state index contributed by atoms with van der Waals surface area (Å²) in [6.45, 7) is 1.83. The first-order valence-electron chi connectivity index (χ1n) is 6.41. The highest BCUT2D eigenvalue weighted by Gasteiger charge is 2.15. The van der Waals surface area contributed by atoms with Crippen LogP contribution in [0.2, 0.25) is 0 Å². The fraction of sp³-hybridized carbons (Fsp3) is 0.0714. The second-order valence-electron chi connectivity index (χ2n) is 4.51. The molecular formula is C14H12N6O2. The van der Waals surface area contributed by atoms with Gasteiger partial charge in [-0.05, 0) is 31.2 Å². The third-order valence-corrected chi connectivity index (χ3v) is 2.86. The monoisotopic (exact) mass is 296 g/mol. The molecule has 2 heterocycles. The summed E-state index contributed by atoms with van der Waals surface area (Å²) in [7, 11) is 0. The highest BCUT2D eigenvalue weighted by Crippen LogP contribution is 2.24. The number of primary amides is 1. The van der Waals surface area contributed by atoms with Crippen LogP contribution in [0.25, 0.3) is 11.3 Å². The molecule has 0 aliphatic heterocycles. The summed E-state index contributed by atoms with van der Waals surface area (Å²) in [5.41, 5.74) is 7.20. The predicted molar refractivity (Wildman–Crippen MR) is 77.2 cm³/mol. The summed E-state index contributed by atoms with van der Waals surface area (Å²) in [6, 6.07) is 6.98. The zero-order valence-corrected chi connectivity index (χ0v) is 11.6. The number of aryl methyl sites for hydroxylation is 1. The molecule has 1 amide bonds. The average molecular weight is 296 g/mol. The maximum Gasteiger partial charge on any atom is 0.271 e. The van der Waals surface area contributed by atoms with E-state index in [1.165, 1.54) is 6.20 Å². The highest BCUT2D eigenvalue weighted by atomic mass is 16.5. The Morgan fingerprint density at radius 3 is 2.64 bits per heavy atom. The van der Waals surface area contributed by atoms with Crippen LogP contribution in [0.5, 0.6) is 11.6 Å². The Morgan fingerprint density at radius 1 is 1.18 bits per heavy atom. The molecule has 3 rings (SSSR count). The van der Waals surface area contributed by atoms with Gasteiger partial charge in [0, 0.05) is 11.8 Å². The standard InChI is InChI=1S/C14H12N6O2/c1-8-6-16-7-11(17-8)22-10-4-2-9(3-5-10)12-13(14(15)21)19-20-18-12/h2-7H,1H3,(H2,15,21)(H,18,19,20). The first-order valence-corrected chi connectivity index (χ1v) is 6.41. The van der Waals surface area contributed by atoms with Crippen molar-refractivity contribution in [2.24, 2.45) is 5.73 Å². The van der Waals surface area contributed by atoms with E-state index in [-0.39, 0.29) is 5.69 Å². The fourth-order valence-corrected chi connectivity index (χ4v) is 1.90. The molecule has 0 unspecified atom stereocenters. The molecule has 110 valence electrons. The number of amides is 1. The Morgan fingerprint density at radius 2 is 1.95 bits per heavy atom. The molecule has 3 N–H and O–H groups in total. The van der Waals surface area contributed by atoms with E-state index in [9.17, 15) is 4.79 Å². The number of H-pyrrole nitrogens is 1. The number of rotatable bonds is 4. The zero-order chi connectivity index (χ0) is 15.5. The van der Waals surface area contributed by atoms with Crippen LogP contribution in [-0.4, -0.2) is 31.3 Å². The lowest BCUT2D eigenvalue weighted by molar-refractivity contribution is 0.0996. The maximum absolute atomic E-state index is 11.3. The molecule has 0 saturated heterocycles. The molecule has 22 heavy (non-hydrogen) atoms. The van der Waals surface area contributed by atoms with E-state index in [1.807, 2.05) is 6.92 Å². The van der Waals surface area contributed by atoms with E-state index in [2.05, 4.69) is 25.4 Å². The van der Waals surface area contributed by atoms with Gasteiger partial charge < -0.3 is 10.5 Å². The molecule has 0 fully saturated rings. The highest BCUT2D eigenvalue weighted by molar-refractivity contribution is 5.96. The lowest BCUT2D eigenvalue weighted by Crippen LogP contribution is -2.12. The van der Waals surface area contributed by atoms with Crippen LogP contribution in [-0.2, 0) is 0 Å². The van der Waals surface area contributed by atoms with E-state index in [4.69, 9.17) is 10.5 Å². The number of aromatic amines is 1. The number of aromatic nitrogens is 5.